The minimum absolute atomic E-state index is 0.165. The smallest absolute Gasteiger partial charge is 0.370 e. The van der Waals surface area contributed by atoms with Crippen molar-refractivity contribution in [1.82, 2.24) is 14.9 Å². The van der Waals surface area contributed by atoms with Crippen LogP contribution in [0.15, 0.2) is 12.3 Å². The van der Waals surface area contributed by atoms with Crippen molar-refractivity contribution in [3.05, 3.63) is 18.1 Å². The van der Waals surface area contributed by atoms with E-state index in [-0.39, 0.29) is 23.6 Å². The molecule has 126 valence electrons. The molecule has 1 amide bonds. The molecule has 1 saturated heterocycles. The summed E-state index contributed by atoms with van der Waals surface area (Å²) >= 11 is 0. The van der Waals surface area contributed by atoms with E-state index in [9.17, 15) is 18.0 Å². The summed E-state index contributed by atoms with van der Waals surface area (Å²) in [6.07, 6.45) is 0.414. The number of amides is 1. The van der Waals surface area contributed by atoms with Crippen LogP contribution in [0.3, 0.4) is 0 Å². The molecule has 5 nitrogen and oxygen atoms in total. The summed E-state index contributed by atoms with van der Waals surface area (Å²) in [6.45, 7) is 1.96. The summed E-state index contributed by atoms with van der Waals surface area (Å²) in [5, 5.41) is 2.94. The van der Waals surface area contributed by atoms with Crippen LogP contribution >= 0.6 is 0 Å². The van der Waals surface area contributed by atoms with E-state index in [4.69, 9.17) is 0 Å². The maximum atomic E-state index is 12.6. The average molecular weight is 328 g/mol. The molecule has 0 bridgehead atoms. The van der Waals surface area contributed by atoms with Crippen molar-refractivity contribution >= 4 is 11.7 Å². The van der Waals surface area contributed by atoms with Gasteiger partial charge in [0.2, 0.25) is 11.7 Å². The first-order chi connectivity index (χ1) is 10.9. The maximum Gasteiger partial charge on any atom is 0.451 e. The summed E-state index contributed by atoms with van der Waals surface area (Å²) in [6, 6.07) is 1.42. The molecule has 1 aromatic heterocycles. The van der Waals surface area contributed by atoms with Gasteiger partial charge in [0.1, 0.15) is 5.82 Å². The third-order valence-corrected chi connectivity index (χ3v) is 4.24. The molecule has 0 radical (unpaired) electrons. The molecule has 1 aliphatic heterocycles. The maximum absolute atomic E-state index is 12.6. The highest BCUT2D eigenvalue weighted by molar-refractivity contribution is 5.81. The van der Waals surface area contributed by atoms with Gasteiger partial charge in [-0.1, -0.05) is 0 Å². The van der Waals surface area contributed by atoms with Crippen LogP contribution in [0.2, 0.25) is 0 Å². The molecule has 0 spiro atoms. The lowest BCUT2D eigenvalue weighted by Crippen LogP contribution is -2.42. The number of piperidine rings is 1. The largest absolute Gasteiger partial charge is 0.451 e. The normalized spacial score (nSPS) is 22.0. The molecule has 0 aromatic carbocycles. The number of hydrogen-bond acceptors (Lipinski definition) is 4. The minimum Gasteiger partial charge on any atom is -0.370 e. The third-order valence-electron chi connectivity index (χ3n) is 4.24. The second kappa shape index (κ2) is 6.33. The Morgan fingerprint density at radius 1 is 1.35 bits per heavy atom. The number of likely N-dealkylation sites (tertiary alicyclic amines) is 1. The molecular weight excluding hydrogens is 309 g/mol. The number of carbonyl (C=O) groups is 1. The van der Waals surface area contributed by atoms with Crippen molar-refractivity contribution in [3.8, 4) is 0 Å². The Morgan fingerprint density at radius 3 is 2.83 bits per heavy atom. The van der Waals surface area contributed by atoms with Gasteiger partial charge in [0.05, 0.1) is 0 Å². The monoisotopic (exact) mass is 328 g/mol. The van der Waals surface area contributed by atoms with Crippen LogP contribution in [0.5, 0.6) is 0 Å². The predicted octanol–water partition coefficient (Wildman–Crippen LogP) is 2.56. The van der Waals surface area contributed by atoms with E-state index in [1.54, 1.807) is 0 Å². The number of hydrogen-bond donors (Lipinski definition) is 1. The number of alkyl halides is 3. The molecule has 2 aliphatic rings. The highest BCUT2D eigenvalue weighted by Gasteiger charge is 2.36. The second-order valence-electron chi connectivity index (χ2n) is 6.21. The average Bonchev–Trinajstić information content (AvgIpc) is 3.37. The Hall–Kier alpha value is -1.86. The lowest BCUT2D eigenvalue weighted by atomic mass is 9.97. The van der Waals surface area contributed by atoms with Crippen molar-refractivity contribution in [3.63, 3.8) is 0 Å². The Balaban J connectivity index is 1.54. The number of nitrogens with zero attached hydrogens (tertiary/aromatic N) is 3. The summed E-state index contributed by atoms with van der Waals surface area (Å²) in [5.41, 5.74) is 0. The lowest BCUT2D eigenvalue weighted by molar-refractivity contribution is -0.144. The molecule has 3 rings (SSSR count). The minimum atomic E-state index is -4.55. The number of halogens is 3. The van der Waals surface area contributed by atoms with E-state index in [2.05, 4.69) is 15.3 Å². The van der Waals surface area contributed by atoms with E-state index >= 15 is 0 Å². The Labute approximate surface area is 132 Å². The Morgan fingerprint density at radius 2 is 2.13 bits per heavy atom. The van der Waals surface area contributed by atoms with Crippen molar-refractivity contribution in [1.29, 1.82) is 0 Å². The van der Waals surface area contributed by atoms with Gasteiger partial charge in [0, 0.05) is 31.7 Å². The number of carbonyl (C=O) groups excluding carboxylic acids is 1. The van der Waals surface area contributed by atoms with E-state index in [1.807, 2.05) is 4.90 Å². The molecular formula is C15H19F3N4O. The zero-order valence-corrected chi connectivity index (χ0v) is 12.6. The van der Waals surface area contributed by atoms with Gasteiger partial charge in [-0.2, -0.15) is 13.2 Å². The van der Waals surface area contributed by atoms with Gasteiger partial charge in [0.25, 0.3) is 0 Å². The first-order valence-electron chi connectivity index (χ1n) is 7.86. The van der Waals surface area contributed by atoms with Gasteiger partial charge in [-0.3, -0.25) is 4.79 Å². The predicted molar refractivity (Wildman–Crippen MR) is 77.6 cm³/mol. The first-order valence-corrected chi connectivity index (χ1v) is 7.86. The van der Waals surface area contributed by atoms with Crippen LogP contribution in [0.1, 0.15) is 31.5 Å². The third kappa shape index (κ3) is 4.11. The fourth-order valence-electron chi connectivity index (χ4n) is 2.86. The summed E-state index contributed by atoms with van der Waals surface area (Å²) in [4.78, 5) is 20.7. The first kappa shape index (κ1) is 16.0. The summed E-state index contributed by atoms with van der Waals surface area (Å²) in [5.74, 6) is -0.306. The van der Waals surface area contributed by atoms with Gasteiger partial charge in [-0.15, -0.1) is 0 Å². The van der Waals surface area contributed by atoms with Crippen LogP contribution < -0.4 is 5.32 Å². The molecule has 23 heavy (non-hydrogen) atoms. The standard InChI is InChI=1S/C15H19F3N4O/c16-15(17,18)14-19-6-5-12(21-14)20-8-10-2-1-7-22(9-10)13(23)11-3-4-11/h5-6,10-11H,1-4,7-9H2,(H,19,20,21). The molecule has 8 heteroatoms. The van der Waals surface area contributed by atoms with Crippen LogP contribution in [-0.4, -0.2) is 40.4 Å². The highest BCUT2D eigenvalue weighted by Crippen LogP contribution is 2.32. The van der Waals surface area contributed by atoms with Gasteiger partial charge in [0.15, 0.2) is 0 Å². The van der Waals surface area contributed by atoms with E-state index in [1.165, 1.54) is 6.07 Å². The van der Waals surface area contributed by atoms with E-state index in [0.717, 1.165) is 38.4 Å². The fourth-order valence-corrected chi connectivity index (χ4v) is 2.86. The molecule has 1 saturated carbocycles. The van der Waals surface area contributed by atoms with Crippen LogP contribution in [0.25, 0.3) is 0 Å². The molecule has 1 atom stereocenters. The quantitative estimate of drug-likeness (QED) is 0.923. The van der Waals surface area contributed by atoms with Gasteiger partial charge in [-0.05, 0) is 37.7 Å². The lowest BCUT2D eigenvalue weighted by Gasteiger charge is -2.33. The Bertz CT molecular complexity index is 574. The SMILES string of the molecule is O=C(C1CC1)N1CCCC(CNc2ccnc(C(F)(F)F)n2)C1. The van der Waals surface area contributed by atoms with Gasteiger partial charge >= 0.3 is 6.18 Å². The van der Waals surface area contributed by atoms with Crippen molar-refractivity contribution in [2.45, 2.75) is 31.9 Å². The summed E-state index contributed by atoms with van der Waals surface area (Å²) < 4.78 is 37.8. The van der Waals surface area contributed by atoms with Crippen molar-refractivity contribution in [2.75, 3.05) is 25.0 Å². The van der Waals surface area contributed by atoms with Crippen LogP contribution in [0, 0.1) is 11.8 Å². The number of aromatic nitrogens is 2. The molecule has 2 fully saturated rings. The number of nitrogens with one attached hydrogen (secondary N) is 1. The molecule has 1 unspecified atom stereocenters. The van der Waals surface area contributed by atoms with Gasteiger partial charge < -0.3 is 10.2 Å². The topological polar surface area (TPSA) is 58.1 Å². The molecule has 1 aromatic rings. The molecule has 1 N–H and O–H groups in total. The number of anilines is 1. The van der Waals surface area contributed by atoms with Crippen LogP contribution in [-0.2, 0) is 11.0 Å². The molecule has 1 aliphatic carbocycles. The molecule has 2 heterocycles. The zero-order chi connectivity index (χ0) is 16.4. The highest BCUT2D eigenvalue weighted by atomic mass is 19.4. The zero-order valence-electron chi connectivity index (χ0n) is 12.6. The van der Waals surface area contributed by atoms with E-state index < -0.39 is 12.0 Å². The van der Waals surface area contributed by atoms with E-state index in [0.29, 0.717) is 13.1 Å². The Kier molecular flexibility index (Phi) is 4.41. The van der Waals surface area contributed by atoms with Crippen molar-refractivity contribution in [2.24, 2.45) is 11.8 Å². The van der Waals surface area contributed by atoms with Crippen molar-refractivity contribution < 1.29 is 18.0 Å². The summed E-state index contributed by atoms with van der Waals surface area (Å²) in [7, 11) is 0. The van der Waals surface area contributed by atoms with Crippen LogP contribution in [0.4, 0.5) is 19.0 Å². The number of rotatable bonds is 4. The second-order valence-corrected chi connectivity index (χ2v) is 6.21. The van der Waals surface area contributed by atoms with Gasteiger partial charge in [-0.25, -0.2) is 9.97 Å². The fraction of sp³-hybridized carbons (Fsp3) is 0.667.